The zero-order chi connectivity index (χ0) is 20.7. The SMILES string of the molecule is Cc1ccc(CNS(=O)(=O)c2ccc(O[C@@H](C)C(=O)NCC(C)C)cc2)cc1. The van der Waals surface area contributed by atoms with Gasteiger partial charge < -0.3 is 10.1 Å². The molecule has 0 bridgehead atoms. The zero-order valence-corrected chi connectivity index (χ0v) is 17.5. The lowest BCUT2D eigenvalue weighted by Gasteiger charge is -2.16. The van der Waals surface area contributed by atoms with Gasteiger partial charge in [0, 0.05) is 13.1 Å². The second kappa shape index (κ2) is 9.71. The fraction of sp³-hybridized carbons (Fsp3) is 0.381. The van der Waals surface area contributed by atoms with Gasteiger partial charge in [-0.25, -0.2) is 13.1 Å². The van der Waals surface area contributed by atoms with Crippen LogP contribution in [0.3, 0.4) is 0 Å². The molecule has 2 aromatic carbocycles. The minimum Gasteiger partial charge on any atom is -0.481 e. The van der Waals surface area contributed by atoms with E-state index in [-0.39, 0.29) is 17.3 Å². The molecule has 2 aromatic rings. The number of ether oxygens (including phenoxy) is 1. The number of amides is 1. The summed E-state index contributed by atoms with van der Waals surface area (Å²) in [5.41, 5.74) is 2.00. The molecule has 1 amide bonds. The average molecular weight is 405 g/mol. The van der Waals surface area contributed by atoms with Gasteiger partial charge in [-0.15, -0.1) is 0 Å². The van der Waals surface area contributed by atoms with E-state index in [1.165, 1.54) is 12.1 Å². The number of nitrogens with one attached hydrogen (secondary N) is 2. The lowest BCUT2D eigenvalue weighted by atomic mass is 10.2. The molecular formula is C21H28N2O4S. The summed E-state index contributed by atoms with van der Waals surface area (Å²) in [5, 5.41) is 2.80. The number of aryl methyl sites for hydroxylation is 1. The van der Waals surface area contributed by atoms with Crippen LogP contribution in [0.25, 0.3) is 0 Å². The van der Waals surface area contributed by atoms with Gasteiger partial charge in [0.2, 0.25) is 10.0 Å². The maximum absolute atomic E-state index is 12.4. The molecule has 0 aliphatic rings. The van der Waals surface area contributed by atoms with Gasteiger partial charge >= 0.3 is 0 Å². The first-order valence-corrected chi connectivity index (χ1v) is 10.8. The van der Waals surface area contributed by atoms with Gasteiger partial charge in [0.15, 0.2) is 6.10 Å². The smallest absolute Gasteiger partial charge is 0.260 e. The van der Waals surface area contributed by atoms with E-state index in [2.05, 4.69) is 10.0 Å². The van der Waals surface area contributed by atoms with Crippen LogP contribution >= 0.6 is 0 Å². The van der Waals surface area contributed by atoms with Crippen molar-refractivity contribution in [2.24, 2.45) is 5.92 Å². The lowest BCUT2D eigenvalue weighted by molar-refractivity contribution is -0.127. The highest BCUT2D eigenvalue weighted by Crippen LogP contribution is 2.17. The molecule has 152 valence electrons. The molecule has 0 fully saturated rings. The van der Waals surface area contributed by atoms with E-state index in [0.29, 0.717) is 18.2 Å². The molecule has 0 aliphatic carbocycles. The van der Waals surface area contributed by atoms with Crippen molar-refractivity contribution in [1.82, 2.24) is 10.0 Å². The van der Waals surface area contributed by atoms with Gasteiger partial charge in [0.05, 0.1) is 4.90 Å². The van der Waals surface area contributed by atoms with E-state index in [9.17, 15) is 13.2 Å². The maximum Gasteiger partial charge on any atom is 0.260 e. The first kappa shape index (κ1) is 21.9. The molecule has 0 aliphatic heterocycles. The fourth-order valence-electron chi connectivity index (χ4n) is 2.37. The third-order valence-corrected chi connectivity index (χ3v) is 5.50. The summed E-state index contributed by atoms with van der Waals surface area (Å²) in [6.45, 7) is 8.45. The Hall–Kier alpha value is -2.38. The molecule has 0 aromatic heterocycles. The molecular weight excluding hydrogens is 376 g/mol. The standard InChI is InChI=1S/C21H28N2O4S/c1-15(2)13-22-21(24)17(4)27-19-9-11-20(12-10-19)28(25,26)23-14-18-7-5-16(3)6-8-18/h5-12,15,17,23H,13-14H2,1-4H3,(H,22,24)/t17-/m0/s1. The van der Waals surface area contributed by atoms with E-state index in [1.807, 2.05) is 45.0 Å². The third-order valence-electron chi connectivity index (χ3n) is 4.09. The number of hydrogen-bond acceptors (Lipinski definition) is 4. The van der Waals surface area contributed by atoms with Crippen molar-refractivity contribution >= 4 is 15.9 Å². The fourth-order valence-corrected chi connectivity index (χ4v) is 3.39. The summed E-state index contributed by atoms with van der Waals surface area (Å²) in [4.78, 5) is 12.1. The van der Waals surface area contributed by atoms with Crippen LogP contribution in [0.1, 0.15) is 31.9 Å². The summed E-state index contributed by atoms with van der Waals surface area (Å²) in [5.74, 6) is 0.586. The molecule has 0 unspecified atom stereocenters. The topological polar surface area (TPSA) is 84.5 Å². The molecule has 0 spiro atoms. The Labute approximate surface area is 167 Å². The molecule has 28 heavy (non-hydrogen) atoms. The number of rotatable bonds is 9. The summed E-state index contributed by atoms with van der Waals surface area (Å²) in [6, 6.07) is 13.7. The van der Waals surface area contributed by atoms with Crippen LogP contribution in [0.15, 0.2) is 53.4 Å². The van der Waals surface area contributed by atoms with Crippen LogP contribution in [0.4, 0.5) is 0 Å². The molecule has 2 rings (SSSR count). The van der Waals surface area contributed by atoms with Crippen molar-refractivity contribution < 1.29 is 17.9 Å². The van der Waals surface area contributed by atoms with E-state index in [0.717, 1.165) is 11.1 Å². The summed E-state index contributed by atoms with van der Waals surface area (Å²) in [7, 11) is -3.63. The van der Waals surface area contributed by atoms with Gasteiger partial charge in [0.25, 0.3) is 5.91 Å². The summed E-state index contributed by atoms with van der Waals surface area (Å²) in [6.07, 6.45) is -0.666. The third kappa shape index (κ3) is 6.65. The van der Waals surface area contributed by atoms with Crippen LogP contribution in [-0.4, -0.2) is 27.0 Å². The van der Waals surface area contributed by atoms with Crippen molar-refractivity contribution in [3.63, 3.8) is 0 Å². The average Bonchev–Trinajstić information content (AvgIpc) is 2.66. The number of hydrogen-bond donors (Lipinski definition) is 2. The normalized spacial score (nSPS) is 12.6. The molecule has 0 radical (unpaired) electrons. The molecule has 2 N–H and O–H groups in total. The molecule has 7 heteroatoms. The van der Waals surface area contributed by atoms with Crippen LogP contribution < -0.4 is 14.8 Å². The van der Waals surface area contributed by atoms with E-state index in [4.69, 9.17) is 4.74 Å². The first-order valence-electron chi connectivity index (χ1n) is 9.27. The Morgan fingerprint density at radius 3 is 2.18 bits per heavy atom. The van der Waals surface area contributed by atoms with Gasteiger partial charge in [-0.1, -0.05) is 43.7 Å². The van der Waals surface area contributed by atoms with Gasteiger partial charge in [0.1, 0.15) is 5.75 Å². The van der Waals surface area contributed by atoms with Crippen LogP contribution in [0, 0.1) is 12.8 Å². The second-order valence-corrected chi connectivity index (χ2v) is 8.95. The first-order chi connectivity index (χ1) is 13.2. The predicted molar refractivity (Wildman–Crippen MR) is 110 cm³/mol. The Kier molecular flexibility index (Phi) is 7.60. The maximum atomic E-state index is 12.4. The molecule has 6 nitrogen and oxygen atoms in total. The van der Waals surface area contributed by atoms with E-state index >= 15 is 0 Å². The van der Waals surface area contributed by atoms with Crippen LogP contribution in [-0.2, 0) is 21.4 Å². The number of benzene rings is 2. The van der Waals surface area contributed by atoms with Crippen molar-refractivity contribution in [3.05, 3.63) is 59.7 Å². The van der Waals surface area contributed by atoms with E-state index < -0.39 is 16.1 Å². The van der Waals surface area contributed by atoms with Gasteiger partial charge in [-0.3, -0.25) is 4.79 Å². The number of carbonyl (C=O) groups is 1. The quantitative estimate of drug-likeness (QED) is 0.673. The highest BCUT2D eigenvalue weighted by atomic mass is 32.2. The van der Waals surface area contributed by atoms with Gasteiger partial charge in [-0.05, 0) is 49.6 Å². The molecule has 0 heterocycles. The Morgan fingerprint density at radius 2 is 1.61 bits per heavy atom. The highest BCUT2D eigenvalue weighted by molar-refractivity contribution is 7.89. The second-order valence-electron chi connectivity index (χ2n) is 7.18. The van der Waals surface area contributed by atoms with Crippen molar-refractivity contribution in [2.45, 2.75) is 45.2 Å². The van der Waals surface area contributed by atoms with Gasteiger partial charge in [-0.2, -0.15) is 0 Å². The van der Waals surface area contributed by atoms with Crippen LogP contribution in [0.2, 0.25) is 0 Å². The zero-order valence-electron chi connectivity index (χ0n) is 16.7. The van der Waals surface area contributed by atoms with Crippen molar-refractivity contribution in [3.8, 4) is 5.75 Å². The minimum absolute atomic E-state index is 0.142. The largest absolute Gasteiger partial charge is 0.481 e. The lowest BCUT2D eigenvalue weighted by Crippen LogP contribution is -2.38. The minimum atomic E-state index is -3.63. The molecule has 0 saturated carbocycles. The Morgan fingerprint density at radius 1 is 1.00 bits per heavy atom. The Bertz CT molecular complexity index is 876. The molecule has 1 atom stereocenters. The predicted octanol–water partition coefficient (Wildman–Crippen LogP) is 3.01. The number of sulfonamides is 1. The summed E-state index contributed by atoms with van der Waals surface area (Å²) < 4.78 is 33.1. The number of carbonyl (C=O) groups excluding carboxylic acids is 1. The monoisotopic (exact) mass is 404 g/mol. The molecule has 0 saturated heterocycles. The van der Waals surface area contributed by atoms with Crippen LogP contribution in [0.5, 0.6) is 5.75 Å². The Balaban J connectivity index is 1.94. The van der Waals surface area contributed by atoms with Crippen molar-refractivity contribution in [1.29, 1.82) is 0 Å². The van der Waals surface area contributed by atoms with E-state index in [1.54, 1.807) is 19.1 Å². The highest BCUT2D eigenvalue weighted by Gasteiger charge is 2.17. The summed E-state index contributed by atoms with van der Waals surface area (Å²) >= 11 is 0. The van der Waals surface area contributed by atoms with Crippen molar-refractivity contribution in [2.75, 3.05) is 6.54 Å².